The van der Waals surface area contributed by atoms with Crippen LogP contribution in [0.3, 0.4) is 0 Å². The Morgan fingerprint density at radius 1 is 1.05 bits per heavy atom. The van der Waals surface area contributed by atoms with Crippen molar-refractivity contribution in [3.63, 3.8) is 0 Å². The van der Waals surface area contributed by atoms with Gasteiger partial charge in [-0.1, -0.05) is 30.7 Å². The highest BCUT2D eigenvalue weighted by Gasteiger charge is 2.29. The van der Waals surface area contributed by atoms with Gasteiger partial charge in [0.15, 0.2) is 11.5 Å². The first-order valence-electron chi connectivity index (χ1n) is 13.3. The Morgan fingerprint density at radius 2 is 1.73 bits per heavy atom. The fourth-order valence-corrected chi connectivity index (χ4v) is 6.49. The van der Waals surface area contributed by atoms with Crippen molar-refractivity contribution in [3.05, 3.63) is 77.3 Å². The van der Waals surface area contributed by atoms with E-state index in [0.717, 1.165) is 23.0 Å². The van der Waals surface area contributed by atoms with Crippen molar-refractivity contribution in [2.24, 2.45) is 5.92 Å². The van der Waals surface area contributed by atoms with Crippen molar-refractivity contribution in [1.29, 1.82) is 0 Å². The molecule has 0 spiro atoms. The number of rotatable bonds is 10. The van der Waals surface area contributed by atoms with E-state index in [1.165, 1.54) is 50.9 Å². The van der Waals surface area contributed by atoms with Crippen LogP contribution in [0.25, 0.3) is 0 Å². The normalized spacial score (nSPS) is 16.2. The monoisotopic (exact) mass is 585 g/mol. The molecule has 1 aliphatic heterocycles. The number of carbonyl (C=O) groups is 1. The summed E-state index contributed by atoms with van der Waals surface area (Å²) in [4.78, 5) is 15.6. The Morgan fingerprint density at radius 3 is 2.35 bits per heavy atom. The van der Waals surface area contributed by atoms with Crippen molar-refractivity contribution >= 4 is 38.9 Å². The molecule has 214 valence electrons. The van der Waals surface area contributed by atoms with Gasteiger partial charge in [-0.2, -0.15) is 0 Å². The second-order valence-electron chi connectivity index (χ2n) is 10.1. The van der Waals surface area contributed by atoms with Crippen molar-refractivity contribution in [1.82, 2.24) is 5.32 Å². The molecule has 1 N–H and O–H groups in total. The Labute approximate surface area is 241 Å². The van der Waals surface area contributed by atoms with Crippen LogP contribution in [-0.4, -0.2) is 48.2 Å². The molecule has 10 heteroatoms. The predicted molar refractivity (Wildman–Crippen MR) is 159 cm³/mol. The molecule has 0 aromatic heterocycles. The van der Waals surface area contributed by atoms with Crippen molar-refractivity contribution in [2.75, 3.05) is 43.1 Å². The lowest BCUT2D eigenvalue weighted by atomic mass is 9.99. The number of benzene rings is 3. The Hall–Kier alpha value is -3.43. The topological polar surface area (TPSA) is 88.2 Å². The largest absolute Gasteiger partial charge is 0.493 e. The third-order valence-electron chi connectivity index (χ3n) is 7.14. The van der Waals surface area contributed by atoms with E-state index in [1.54, 1.807) is 24.3 Å². The minimum Gasteiger partial charge on any atom is -0.493 e. The van der Waals surface area contributed by atoms with Gasteiger partial charge in [0.25, 0.3) is 10.0 Å². The van der Waals surface area contributed by atoms with Crippen molar-refractivity contribution in [2.45, 2.75) is 37.6 Å². The molecule has 8 nitrogen and oxygen atoms in total. The summed E-state index contributed by atoms with van der Waals surface area (Å²) in [5, 5.41) is 3.40. The van der Waals surface area contributed by atoms with Crippen LogP contribution < -0.4 is 24.0 Å². The first-order valence-corrected chi connectivity index (χ1v) is 15.1. The van der Waals surface area contributed by atoms with Gasteiger partial charge in [-0.05, 0) is 79.8 Å². The van der Waals surface area contributed by atoms with E-state index in [9.17, 15) is 13.2 Å². The minimum atomic E-state index is -4.15. The smallest absolute Gasteiger partial charge is 0.264 e. The van der Waals surface area contributed by atoms with E-state index in [2.05, 4.69) is 29.3 Å². The van der Waals surface area contributed by atoms with Gasteiger partial charge >= 0.3 is 0 Å². The third-order valence-corrected chi connectivity index (χ3v) is 9.16. The van der Waals surface area contributed by atoms with Gasteiger partial charge in [0, 0.05) is 29.9 Å². The number of sulfonamides is 1. The number of methoxy groups -OCH3 is 2. The molecule has 0 bridgehead atoms. The second kappa shape index (κ2) is 12.8. The van der Waals surface area contributed by atoms with Gasteiger partial charge < -0.3 is 19.7 Å². The molecule has 1 amide bonds. The zero-order valence-electron chi connectivity index (χ0n) is 23.3. The molecule has 0 aliphatic carbocycles. The summed E-state index contributed by atoms with van der Waals surface area (Å²) < 4.78 is 39.2. The van der Waals surface area contributed by atoms with Crippen LogP contribution in [0, 0.1) is 5.92 Å². The maximum absolute atomic E-state index is 13.8. The minimum absolute atomic E-state index is 0.0384. The van der Waals surface area contributed by atoms with Gasteiger partial charge in [0.1, 0.15) is 6.54 Å². The van der Waals surface area contributed by atoms with Crippen LogP contribution in [0.1, 0.15) is 38.3 Å². The van der Waals surface area contributed by atoms with E-state index in [1.807, 2.05) is 19.1 Å². The molecule has 3 aromatic rings. The summed E-state index contributed by atoms with van der Waals surface area (Å²) in [5.74, 6) is 0.887. The van der Waals surface area contributed by atoms with Crippen LogP contribution >= 0.6 is 11.6 Å². The number of carbonyl (C=O) groups excluding carboxylic acids is 1. The molecule has 3 aromatic carbocycles. The van der Waals surface area contributed by atoms with E-state index >= 15 is 0 Å². The van der Waals surface area contributed by atoms with Crippen LogP contribution in [0.5, 0.6) is 11.5 Å². The quantitative estimate of drug-likeness (QED) is 0.330. The first kappa shape index (κ1) is 29.6. The summed E-state index contributed by atoms with van der Waals surface area (Å²) >= 11 is 6.05. The summed E-state index contributed by atoms with van der Waals surface area (Å²) in [6.07, 6.45) is 2.44. The highest BCUT2D eigenvalue weighted by molar-refractivity contribution is 7.92. The number of nitrogens with one attached hydrogen (secondary N) is 1. The number of hydrogen-bond donors (Lipinski definition) is 1. The standard InChI is InChI=1S/C30H36ClN3O5S/c1-21-6-5-17-33(19-21)25-11-7-23(8-12-25)22(2)32-30(35)20-34(26-13-9-24(31)10-14-26)40(36,37)27-15-16-28(38-3)29(18-27)39-4/h7-16,18,21-22H,5-6,17,19-20H2,1-4H3,(H,32,35). The molecule has 0 saturated carbocycles. The van der Waals surface area contributed by atoms with Gasteiger partial charge in [-0.25, -0.2) is 8.42 Å². The van der Waals surface area contributed by atoms with Gasteiger partial charge in [0.05, 0.1) is 30.8 Å². The highest BCUT2D eigenvalue weighted by Crippen LogP contribution is 2.32. The maximum Gasteiger partial charge on any atom is 0.264 e. The highest BCUT2D eigenvalue weighted by atomic mass is 35.5. The molecule has 1 fully saturated rings. The predicted octanol–water partition coefficient (Wildman–Crippen LogP) is 5.67. The van der Waals surface area contributed by atoms with E-state index < -0.39 is 22.5 Å². The van der Waals surface area contributed by atoms with E-state index in [-0.39, 0.29) is 16.7 Å². The molecular weight excluding hydrogens is 550 g/mol. The van der Waals surface area contributed by atoms with Crippen LogP contribution in [0.2, 0.25) is 5.02 Å². The average molecular weight is 586 g/mol. The van der Waals surface area contributed by atoms with Crippen molar-refractivity contribution in [3.8, 4) is 11.5 Å². The Kier molecular flexibility index (Phi) is 9.48. The van der Waals surface area contributed by atoms with E-state index in [4.69, 9.17) is 21.1 Å². The summed E-state index contributed by atoms with van der Waals surface area (Å²) in [6, 6.07) is 18.5. The Balaban J connectivity index is 1.53. The van der Waals surface area contributed by atoms with Gasteiger partial charge in [-0.3, -0.25) is 9.10 Å². The number of nitrogens with zero attached hydrogens (tertiary/aromatic N) is 2. The number of piperidine rings is 1. The number of hydrogen-bond acceptors (Lipinski definition) is 6. The lowest BCUT2D eigenvalue weighted by Gasteiger charge is -2.33. The number of amides is 1. The summed E-state index contributed by atoms with van der Waals surface area (Å²) in [6.45, 7) is 5.82. The van der Waals surface area contributed by atoms with Gasteiger partial charge in [-0.15, -0.1) is 0 Å². The summed E-state index contributed by atoms with van der Waals surface area (Å²) in [7, 11) is -1.25. The molecule has 2 unspecified atom stereocenters. The molecule has 0 radical (unpaired) electrons. The molecule has 1 heterocycles. The number of ether oxygens (including phenoxy) is 2. The Bertz CT molecular complexity index is 1410. The molecule has 2 atom stereocenters. The SMILES string of the molecule is COc1ccc(S(=O)(=O)N(CC(=O)NC(C)c2ccc(N3CCCC(C)C3)cc2)c2ccc(Cl)cc2)cc1OC. The zero-order valence-corrected chi connectivity index (χ0v) is 24.8. The van der Waals surface area contributed by atoms with Crippen LogP contribution in [0.4, 0.5) is 11.4 Å². The fraction of sp³-hybridized carbons (Fsp3) is 0.367. The first-order chi connectivity index (χ1) is 19.1. The van der Waals surface area contributed by atoms with Crippen LogP contribution in [0.15, 0.2) is 71.6 Å². The number of anilines is 2. The molecule has 4 rings (SSSR count). The van der Waals surface area contributed by atoms with E-state index in [0.29, 0.717) is 22.4 Å². The summed E-state index contributed by atoms with van der Waals surface area (Å²) in [5.41, 5.74) is 2.41. The van der Waals surface area contributed by atoms with Crippen molar-refractivity contribution < 1.29 is 22.7 Å². The molecule has 40 heavy (non-hydrogen) atoms. The van der Waals surface area contributed by atoms with Gasteiger partial charge in [0.2, 0.25) is 5.91 Å². The number of halogens is 1. The molecule has 1 saturated heterocycles. The fourth-order valence-electron chi connectivity index (χ4n) is 4.93. The average Bonchev–Trinajstić information content (AvgIpc) is 2.96. The lowest BCUT2D eigenvalue weighted by Crippen LogP contribution is -2.41. The zero-order chi connectivity index (χ0) is 28.9. The molecule has 1 aliphatic rings. The molecular formula is C30H36ClN3O5S. The maximum atomic E-state index is 13.8. The lowest BCUT2D eigenvalue weighted by molar-refractivity contribution is -0.120. The van der Waals surface area contributed by atoms with Crippen LogP contribution in [-0.2, 0) is 14.8 Å². The third kappa shape index (κ3) is 6.82. The second-order valence-corrected chi connectivity index (χ2v) is 12.4.